The zero-order valence-corrected chi connectivity index (χ0v) is 31.1. The van der Waals surface area contributed by atoms with Crippen molar-refractivity contribution < 1.29 is 38.2 Å². The molecule has 0 aromatic carbocycles. The molecule has 0 fully saturated rings. The number of likely N-dealkylation sites (N-methyl/N-ethyl adjacent to an activating group) is 1. The summed E-state index contributed by atoms with van der Waals surface area (Å²) in [5.41, 5.74) is 0. The van der Waals surface area contributed by atoms with Crippen LogP contribution in [0.4, 0.5) is 0 Å². The third-order valence-electron chi connectivity index (χ3n) is 8.01. The number of hydrogen-bond donors (Lipinski definition) is 0. The average molecular weight is 676 g/mol. The maximum Gasteiger partial charge on any atom is 0.306 e. The normalized spacial score (nSPS) is 13.6. The smallest absolute Gasteiger partial charge is 0.306 e. The third kappa shape index (κ3) is 29.4. The van der Waals surface area contributed by atoms with Crippen LogP contribution < -0.4 is 5.11 Å². The highest BCUT2D eigenvalue weighted by Crippen LogP contribution is 2.12. The van der Waals surface area contributed by atoms with Crippen molar-refractivity contribution in [1.29, 1.82) is 0 Å². The van der Waals surface area contributed by atoms with Crippen LogP contribution in [0.15, 0.2) is 48.6 Å². The lowest BCUT2D eigenvalue weighted by molar-refractivity contribution is -0.889. The molecule has 0 spiro atoms. The minimum atomic E-state index is -1.13. The molecule has 8 heteroatoms. The summed E-state index contributed by atoms with van der Waals surface area (Å²) < 4.78 is 17.0. The van der Waals surface area contributed by atoms with Crippen LogP contribution >= 0.6 is 0 Å². The Labute approximate surface area is 293 Å². The molecule has 2 atom stereocenters. The first-order chi connectivity index (χ1) is 23.1. The van der Waals surface area contributed by atoms with Gasteiger partial charge in [-0.3, -0.25) is 9.59 Å². The molecule has 0 heterocycles. The number of unbranched alkanes of at least 4 members (excludes halogenated alkanes) is 12. The van der Waals surface area contributed by atoms with Gasteiger partial charge in [0.25, 0.3) is 0 Å². The number of esters is 2. The number of quaternary nitrogens is 1. The number of ether oxygens (including phenoxy) is 3. The molecule has 0 radical (unpaired) electrons. The summed E-state index contributed by atoms with van der Waals surface area (Å²) in [4.78, 5) is 36.5. The van der Waals surface area contributed by atoms with Crippen molar-refractivity contribution in [3.05, 3.63) is 48.6 Å². The third-order valence-corrected chi connectivity index (χ3v) is 8.01. The standard InChI is InChI=1S/C40H69NO7/c1-6-8-10-12-14-16-17-18-19-20-21-23-25-27-29-31-39(43)48-36(34-46-33-32-37(40(44)45)41(3,4)5)35-47-38(42)30-28-26-24-22-15-13-11-9-7-2/h8,10,12,14,16-17,22,24,36-37H,6-7,9,11,13,15,18-21,23,25-35H2,1-5H3/b10-8+,14-12+,17-16+,24-22+. The van der Waals surface area contributed by atoms with Crippen molar-refractivity contribution >= 4 is 17.9 Å². The summed E-state index contributed by atoms with van der Waals surface area (Å²) >= 11 is 0. The fourth-order valence-corrected chi connectivity index (χ4v) is 5.07. The van der Waals surface area contributed by atoms with E-state index in [9.17, 15) is 19.5 Å². The molecule has 276 valence electrons. The van der Waals surface area contributed by atoms with Gasteiger partial charge in [-0.05, 0) is 51.4 Å². The molecular weight excluding hydrogens is 606 g/mol. The quantitative estimate of drug-likeness (QED) is 0.0234. The molecule has 0 aliphatic carbocycles. The van der Waals surface area contributed by atoms with E-state index in [2.05, 4.69) is 62.5 Å². The summed E-state index contributed by atoms with van der Waals surface area (Å²) in [6, 6.07) is -0.730. The zero-order valence-electron chi connectivity index (χ0n) is 31.1. The molecule has 0 rings (SSSR count). The van der Waals surface area contributed by atoms with Gasteiger partial charge in [0.1, 0.15) is 12.6 Å². The monoisotopic (exact) mass is 676 g/mol. The summed E-state index contributed by atoms with van der Waals surface area (Å²) in [5.74, 6) is -1.80. The van der Waals surface area contributed by atoms with Crippen LogP contribution in [0.5, 0.6) is 0 Å². The SMILES string of the molecule is CC/C=C/C=C/C=C/CCCCCCCCCC(=O)OC(COCCC(C(=O)[O-])[N+](C)(C)C)COC(=O)CCC/C=C/CCCCCC. The van der Waals surface area contributed by atoms with Gasteiger partial charge in [0, 0.05) is 19.3 Å². The van der Waals surface area contributed by atoms with Gasteiger partial charge in [0.05, 0.1) is 40.3 Å². The van der Waals surface area contributed by atoms with E-state index in [1.165, 1.54) is 44.9 Å². The molecule has 0 aliphatic rings. The lowest BCUT2D eigenvalue weighted by atomic mass is 10.1. The number of aliphatic carboxylic acids is 1. The predicted molar refractivity (Wildman–Crippen MR) is 194 cm³/mol. The topological polar surface area (TPSA) is 102 Å². The number of carbonyl (C=O) groups is 3. The molecule has 0 aromatic rings. The highest BCUT2D eigenvalue weighted by Gasteiger charge is 2.25. The molecule has 48 heavy (non-hydrogen) atoms. The number of nitrogens with zero attached hydrogens (tertiary/aromatic N) is 1. The summed E-state index contributed by atoms with van der Waals surface area (Å²) in [6.07, 6.45) is 34.3. The number of rotatable bonds is 32. The van der Waals surface area contributed by atoms with E-state index in [4.69, 9.17) is 14.2 Å². The number of allylic oxidation sites excluding steroid dienone is 8. The highest BCUT2D eigenvalue weighted by molar-refractivity contribution is 5.70. The van der Waals surface area contributed by atoms with E-state index in [-0.39, 0.29) is 42.7 Å². The first kappa shape index (κ1) is 45.3. The number of carbonyl (C=O) groups excluding carboxylic acids is 3. The van der Waals surface area contributed by atoms with Crippen LogP contribution in [0.3, 0.4) is 0 Å². The fourth-order valence-electron chi connectivity index (χ4n) is 5.07. The van der Waals surface area contributed by atoms with E-state index in [1.807, 2.05) is 0 Å². The Kier molecular flexibility index (Phi) is 29.8. The van der Waals surface area contributed by atoms with Crippen LogP contribution in [0, 0.1) is 0 Å². The Morgan fingerprint density at radius 1 is 0.646 bits per heavy atom. The van der Waals surface area contributed by atoms with Crippen molar-refractivity contribution in [3.63, 3.8) is 0 Å². The van der Waals surface area contributed by atoms with Crippen molar-refractivity contribution in [3.8, 4) is 0 Å². The minimum absolute atomic E-state index is 0.0259. The van der Waals surface area contributed by atoms with Crippen molar-refractivity contribution in [2.45, 2.75) is 148 Å². The van der Waals surface area contributed by atoms with Crippen molar-refractivity contribution in [1.82, 2.24) is 0 Å². The van der Waals surface area contributed by atoms with Gasteiger partial charge in [-0.1, -0.05) is 114 Å². The molecule has 8 nitrogen and oxygen atoms in total. The van der Waals surface area contributed by atoms with Gasteiger partial charge in [-0.25, -0.2) is 0 Å². The van der Waals surface area contributed by atoms with Crippen LogP contribution in [0.1, 0.15) is 136 Å². The van der Waals surface area contributed by atoms with E-state index >= 15 is 0 Å². The van der Waals surface area contributed by atoms with E-state index in [0.29, 0.717) is 19.3 Å². The maximum atomic E-state index is 12.6. The Morgan fingerprint density at radius 3 is 1.83 bits per heavy atom. The van der Waals surface area contributed by atoms with Crippen molar-refractivity contribution in [2.75, 3.05) is 41.0 Å². The molecule has 0 amide bonds. The van der Waals surface area contributed by atoms with Gasteiger partial charge in [0.2, 0.25) is 0 Å². The lowest BCUT2D eigenvalue weighted by Gasteiger charge is -2.34. The Bertz CT molecular complexity index is 932. The highest BCUT2D eigenvalue weighted by atomic mass is 16.6. The van der Waals surface area contributed by atoms with E-state index in [1.54, 1.807) is 21.1 Å². The fraction of sp³-hybridized carbons (Fsp3) is 0.725. The van der Waals surface area contributed by atoms with Gasteiger partial charge in [-0.15, -0.1) is 0 Å². The second-order valence-electron chi connectivity index (χ2n) is 13.5. The molecule has 0 aromatic heterocycles. The molecule has 0 bridgehead atoms. The largest absolute Gasteiger partial charge is 0.544 e. The predicted octanol–water partition coefficient (Wildman–Crippen LogP) is 7.96. The zero-order chi connectivity index (χ0) is 35.7. The first-order valence-corrected chi connectivity index (χ1v) is 18.7. The number of hydrogen-bond acceptors (Lipinski definition) is 7. The van der Waals surface area contributed by atoms with Crippen LogP contribution in [0.25, 0.3) is 0 Å². The Morgan fingerprint density at radius 2 is 1.21 bits per heavy atom. The van der Waals surface area contributed by atoms with Crippen LogP contribution in [-0.4, -0.2) is 75.5 Å². The Balaban J connectivity index is 4.47. The average Bonchev–Trinajstić information content (AvgIpc) is 3.03. The summed E-state index contributed by atoms with van der Waals surface area (Å²) in [6.45, 7) is 4.42. The van der Waals surface area contributed by atoms with Gasteiger partial charge < -0.3 is 28.6 Å². The van der Waals surface area contributed by atoms with Gasteiger partial charge in [-0.2, -0.15) is 0 Å². The molecular formula is C40H69NO7. The molecule has 0 saturated carbocycles. The van der Waals surface area contributed by atoms with Crippen LogP contribution in [0.2, 0.25) is 0 Å². The van der Waals surface area contributed by atoms with Gasteiger partial charge in [0.15, 0.2) is 6.10 Å². The second kappa shape index (κ2) is 31.6. The Hall–Kier alpha value is -2.71. The number of carboxylic acids is 1. The molecule has 2 unspecified atom stereocenters. The molecule has 0 N–H and O–H groups in total. The van der Waals surface area contributed by atoms with E-state index < -0.39 is 18.1 Å². The molecule has 0 saturated heterocycles. The van der Waals surface area contributed by atoms with Crippen LogP contribution in [-0.2, 0) is 28.6 Å². The summed E-state index contributed by atoms with van der Waals surface area (Å²) in [5, 5.41) is 11.6. The van der Waals surface area contributed by atoms with Crippen molar-refractivity contribution in [2.24, 2.45) is 0 Å². The summed E-state index contributed by atoms with van der Waals surface area (Å²) in [7, 11) is 5.37. The first-order valence-electron chi connectivity index (χ1n) is 18.7. The maximum absolute atomic E-state index is 12.6. The van der Waals surface area contributed by atoms with E-state index in [0.717, 1.165) is 51.4 Å². The van der Waals surface area contributed by atoms with Gasteiger partial charge >= 0.3 is 11.9 Å². The lowest BCUT2D eigenvalue weighted by Crippen LogP contribution is -2.55. The molecule has 0 aliphatic heterocycles. The number of carboxylic acid groups (broad SMARTS) is 1. The second-order valence-corrected chi connectivity index (χ2v) is 13.5. The minimum Gasteiger partial charge on any atom is -0.544 e.